The third-order valence-corrected chi connectivity index (χ3v) is 2.40. The fraction of sp³-hybridized carbons (Fsp3) is 0.636. The van der Waals surface area contributed by atoms with Gasteiger partial charge in [-0.2, -0.15) is 9.97 Å². The van der Waals surface area contributed by atoms with Gasteiger partial charge in [0.05, 0.1) is 7.11 Å². The topological polar surface area (TPSA) is 64.3 Å². The number of ether oxygens (including phenoxy) is 1. The Morgan fingerprint density at radius 2 is 2.12 bits per heavy atom. The van der Waals surface area contributed by atoms with Crippen LogP contribution in [0.4, 0.5) is 11.8 Å². The van der Waals surface area contributed by atoms with E-state index in [0.29, 0.717) is 5.88 Å². The zero-order valence-electron chi connectivity index (χ0n) is 10.2. The van der Waals surface area contributed by atoms with E-state index < -0.39 is 0 Å². The Labute approximate surface area is 96.6 Å². The number of aromatic nitrogens is 2. The van der Waals surface area contributed by atoms with E-state index in [1.807, 2.05) is 6.07 Å². The highest BCUT2D eigenvalue weighted by Gasteiger charge is 2.08. The van der Waals surface area contributed by atoms with E-state index in [2.05, 4.69) is 28.7 Å². The molecule has 0 aromatic carbocycles. The average Bonchev–Trinajstić information content (AvgIpc) is 2.29. The van der Waals surface area contributed by atoms with Crippen LogP contribution in [0, 0.1) is 0 Å². The maximum atomic E-state index is 5.63. The minimum atomic E-state index is 0.254. The van der Waals surface area contributed by atoms with E-state index in [1.54, 1.807) is 7.11 Å². The Morgan fingerprint density at radius 3 is 2.69 bits per heavy atom. The lowest BCUT2D eigenvalue weighted by Gasteiger charge is -2.21. The van der Waals surface area contributed by atoms with Crippen molar-refractivity contribution in [2.75, 3.05) is 30.8 Å². The summed E-state index contributed by atoms with van der Waals surface area (Å²) in [4.78, 5) is 10.4. The van der Waals surface area contributed by atoms with Gasteiger partial charge in [-0.1, -0.05) is 13.3 Å². The minimum Gasteiger partial charge on any atom is -0.481 e. The van der Waals surface area contributed by atoms with Crippen LogP contribution in [0.2, 0.25) is 0 Å². The van der Waals surface area contributed by atoms with E-state index in [0.717, 1.165) is 31.7 Å². The second kappa shape index (κ2) is 6.15. The molecule has 0 fully saturated rings. The van der Waals surface area contributed by atoms with Crippen molar-refractivity contribution in [2.24, 2.45) is 0 Å². The molecule has 0 saturated carbocycles. The molecule has 1 aromatic heterocycles. The van der Waals surface area contributed by atoms with Crippen molar-refractivity contribution in [2.45, 2.75) is 26.7 Å². The largest absolute Gasteiger partial charge is 0.481 e. The van der Waals surface area contributed by atoms with Crippen molar-refractivity contribution < 1.29 is 4.74 Å². The van der Waals surface area contributed by atoms with E-state index in [1.165, 1.54) is 0 Å². The molecule has 2 N–H and O–H groups in total. The lowest BCUT2D eigenvalue weighted by atomic mass is 10.3. The zero-order valence-corrected chi connectivity index (χ0v) is 10.2. The van der Waals surface area contributed by atoms with Gasteiger partial charge in [0.1, 0.15) is 5.82 Å². The highest BCUT2D eigenvalue weighted by molar-refractivity contribution is 5.45. The number of methoxy groups -OCH3 is 1. The Morgan fingerprint density at radius 1 is 1.38 bits per heavy atom. The molecule has 0 aliphatic heterocycles. The fourth-order valence-corrected chi connectivity index (χ4v) is 1.48. The molecular formula is C11H20N4O. The second-order valence-electron chi connectivity index (χ2n) is 3.56. The first kappa shape index (κ1) is 12.5. The second-order valence-corrected chi connectivity index (χ2v) is 3.56. The van der Waals surface area contributed by atoms with Crippen LogP contribution in [0.1, 0.15) is 26.7 Å². The van der Waals surface area contributed by atoms with Gasteiger partial charge in [-0.3, -0.25) is 0 Å². The summed E-state index contributed by atoms with van der Waals surface area (Å²) < 4.78 is 5.08. The Hall–Kier alpha value is -1.52. The van der Waals surface area contributed by atoms with Crippen LogP contribution in [0.15, 0.2) is 6.07 Å². The molecule has 0 radical (unpaired) electrons. The SMILES string of the molecule is CCCCN(CC)c1cc(OC)nc(N)n1. The van der Waals surface area contributed by atoms with Crippen molar-refractivity contribution in [3.63, 3.8) is 0 Å². The predicted octanol–water partition coefficient (Wildman–Crippen LogP) is 1.69. The highest BCUT2D eigenvalue weighted by atomic mass is 16.5. The van der Waals surface area contributed by atoms with Gasteiger partial charge in [0.15, 0.2) is 0 Å². The molecule has 0 bridgehead atoms. The normalized spacial score (nSPS) is 10.2. The van der Waals surface area contributed by atoms with Crippen LogP contribution in [0.3, 0.4) is 0 Å². The van der Waals surface area contributed by atoms with Crippen LogP contribution >= 0.6 is 0 Å². The van der Waals surface area contributed by atoms with Crippen LogP contribution in [-0.2, 0) is 0 Å². The monoisotopic (exact) mass is 224 g/mol. The lowest BCUT2D eigenvalue weighted by Crippen LogP contribution is -2.25. The summed E-state index contributed by atoms with van der Waals surface area (Å²) in [6.07, 6.45) is 2.30. The van der Waals surface area contributed by atoms with Crippen molar-refractivity contribution in [1.82, 2.24) is 9.97 Å². The van der Waals surface area contributed by atoms with E-state index in [4.69, 9.17) is 10.5 Å². The van der Waals surface area contributed by atoms with Crippen molar-refractivity contribution in [1.29, 1.82) is 0 Å². The maximum Gasteiger partial charge on any atom is 0.225 e. The van der Waals surface area contributed by atoms with Gasteiger partial charge in [0.25, 0.3) is 0 Å². The number of unbranched alkanes of at least 4 members (excludes halogenated alkanes) is 1. The number of hydrogen-bond donors (Lipinski definition) is 1. The van der Waals surface area contributed by atoms with Gasteiger partial charge in [-0.15, -0.1) is 0 Å². The average molecular weight is 224 g/mol. The third-order valence-electron chi connectivity index (χ3n) is 2.40. The maximum absolute atomic E-state index is 5.63. The van der Waals surface area contributed by atoms with Crippen LogP contribution in [0.25, 0.3) is 0 Å². The van der Waals surface area contributed by atoms with Gasteiger partial charge in [0.2, 0.25) is 11.8 Å². The van der Waals surface area contributed by atoms with Gasteiger partial charge in [0, 0.05) is 19.2 Å². The summed E-state index contributed by atoms with van der Waals surface area (Å²) >= 11 is 0. The molecule has 16 heavy (non-hydrogen) atoms. The summed E-state index contributed by atoms with van der Waals surface area (Å²) in [5.41, 5.74) is 5.63. The Balaban J connectivity index is 2.86. The number of hydrogen-bond acceptors (Lipinski definition) is 5. The molecule has 0 aliphatic rings. The molecule has 5 heteroatoms. The summed E-state index contributed by atoms with van der Waals surface area (Å²) in [5.74, 6) is 1.60. The molecule has 0 aliphatic carbocycles. The number of anilines is 2. The molecule has 1 aromatic rings. The third kappa shape index (κ3) is 3.25. The number of nitrogens with two attached hydrogens (primary N) is 1. The molecule has 0 atom stereocenters. The first-order valence-corrected chi connectivity index (χ1v) is 5.64. The number of nitrogens with zero attached hydrogens (tertiary/aromatic N) is 3. The van der Waals surface area contributed by atoms with Crippen LogP contribution in [-0.4, -0.2) is 30.2 Å². The molecule has 5 nitrogen and oxygen atoms in total. The van der Waals surface area contributed by atoms with Crippen LogP contribution < -0.4 is 15.4 Å². The van der Waals surface area contributed by atoms with Crippen LogP contribution in [0.5, 0.6) is 5.88 Å². The van der Waals surface area contributed by atoms with Crippen molar-refractivity contribution >= 4 is 11.8 Å². The highest BCUT2D eigenvalue weighted by Crippen LogP contribution is 2.18. The Bertz CT molecular complexity index is 330. The summed E-state index contributed by atoms with van der Waals surface area (Å²) in [7, 11) is 1.58. The fourth-order valence-electron chi connectivity index (χ4n) is 1.48. The number of rotatable bonds is 6. The summed E-state index contributed by atoms with van der Waals surface area (Å²) in [6.45, 7) is 6.15. The van der Waals surface area contributed by atoms with E-state index in [9.17, 15) is 0 Å². The molecular weight excluding hydrogens is 204 g/mol. The quantitative estimate of drug-likeness (QED) is 0.796. The molecule has 0 amide bonds. The van der Waals surface area contributed by atoms with Crippen molar-refractivity contribution in [3.8, 4) is 5.88 Å². The molecule has 0 saturated heterocycles. The molecule has 90 valence electrons. The number of nitrogen functional groups attached to an aromatic ring is 1. The lowest BCUT2D eigenvalue weighted by molar-refractivity contribution is 0.397. The first-order chi connectivity index (χ1) is 7.71. The smallest absolute Gasteiger partial charge is 0.225 e. The zero-order chi connectivity index (χ0) is 12.0. The standard InChI is InChI=1S/C11H20N4O/c1-4-6-7-15(5-2)9-8-10(16-3)14-11(12)13-9/h8H,4-7H2,1-3H3,(H2,12,13,14). The first-order valence-electron chi connectivity index (χ1n) is 5.64. The molecule has 0 unspecified atom stereocenters. The van der Waals surface area contributed by atoms with Crippen molar-refractivity contribution in [3.05, 3.63) is 6.07 Å². The Kier molecular flexibility index (Phi) is 4.82. The molecule has 1 heterocycles. The predicted molar refractivity (Wildman–Crippen MR) is 65.8 cm³/mol. The molecule has 0 spiro atoms. The summed E-state index contributed by atoms with van der Waals surface area (Å²) in [5, 5.41) is 0. The van der Waals surface area contributed by atoms with Gasteiger partial charge >= 0.3 is 0 Å². The summed E-state index contributed by atoms with van der Waals surface area (Å²) in [6, 6.07) is 1.82. The van der Waals surface area contributed by atoms with Gasteiger partial charge in [-0.25, -0.2) is 0 Å². The minimum absolute atomic E-state index is 0.254. The van der Waals surface area contributed by atoms with Gasteiger partial charge < -0.3 is 15.4 Å². The van der Waals surface area contributed by atoms with Gasteiger partial charge in [-0.05, 0) is 13.3 Å². The van der Waals surface area contributed by atoms with E-state index >= 15 is 0 Å². The van der Waals surface area contributed by atoms with E-state index in [-0.39, 0.29) is 5.95 Å². The molecule has 1 rings (SSSR count).